The molecule has 0 saturated heterocycles. The van der Waals surface area contributed by atoms with Gasteiger partial charge in [0.15, 0.2) is 12.2 Å². The molecule has 0 aromatic heterocycles. The van der Waals surface area contributed by atoms with Crippen LogP contribution in [0.25, 0.3) is 0 Å². The molecule has 0 fully saturated rings. The van der Waals surface area contributed by atoms with Gasteiger partial charge in [-0.2, -0.15) is 0 Å². The van der Waals surface area contributed by atoms with E-state index in [2.05, 4.69) is 41.5 Å². The van der Waals surface area contributed by atoms with E-state index in [0.29, 0.717) is 25.7 Å². The highest BCUT2D eigenvalue weighted by molar-refractivity contribution is 7.47. The van der Waals surface area contributed by atoms with Gasteiger partial charge < -0.3 is 33.8 Å². The van der Waals surface area contributed by atoms with Crippen LogP contribution in [0.1, 0.15) is 395 Å². The van der Waals surface area contributed by atoms with E-state index >= 15 is 0 Å². The first-order valence-electron chi connectivity index (χ1n) is 39.5. The summed E-state index contributed by atoms with van der Waals surface area (Å²) in [7, 11) is -9.90. The number of hydrogen-bond donors (Lipinski definition) is 3. The van der Waals surface area contributed by atoms with Crippen LogP contribution in [0.4, 0.5) is 0 Å². The van der Waals surface area contributed by atoms with Gasteiger partial charge in [0.05, 0.1) is 26.4 Å². The number of carbonyl (C=O) groups excluding carboxylic acids is 4. The van der Waals surface area contributed by atoms with Crippen LogP contribution in [-0.4, -0.2) is 96.7 Å². The van der Waals surface area contributed by atoms with Crippen molar-refractivity contribution in [3.05, 3.63) is 0 Å². The lowest BCUT2D eigenvalue weighted by Crippen LogP contribution is -2.30. The van der Waals surface area contributed by atoms with Crippen LogP contribution in [0.2, 0.25) is 0 Å². The van der Waals surface area contributed by atoms with Crippen molar-refractivity contribution in [1.82, 2.24) is 0 Å². The quantitative estimate of drug-likeness (QED) is 0.0222. The van der Waals surface area contributed by atoms with Gasteiger partial charge in [0.1, 0.15) is 19.3 Å². The Morgan fingerprint density at radius 1 is 0.305 bits per heavy atom. The van der Waals surface area contributed by atoms with Gasteiger partial charge in [-0.15, -0.1) is 0 Å². The van der Waals surface area contributed by atoms with E-state index in [0.717, 1.165) is 108 Å². The molecule has 95 heavy (non-hydrogen) atoms. The predicted molar refractivity (Wildman–Crippen MR) is 386 cm³/mol. The molecule has 0 heterocycles. The first-order chi connectivity index (χ1) is 45.9. The van der Waals surface area contributed by atoms with E-state index in [1.807, 2.05) is 0 Å². The Balaban J connectivity index is 5.12. The summed E-state index contributed by atoms with van der Waals surface area (Å²) < 4.78 is 68.3. The summed E-state index contributed by atoms with van der Waals surface area (Å²) in [5.74, 6) is -0.457. The van der Waals surface area contributed by atoms with Crippen molar-refractivity contribution in [1.29, 1.82) is 0 Å². The molecule has 0 aliphatic heterocycles. The van der Waals surface area contributed by atoms with E-state index in [1.165, 1.54) is 205 Å². The fourth-order valence-corrected chi connectivity index (χ4v) is 13.2. The van der Waals surface area contributed by atoms with E-state index in [1.54, 1.807) is 0 Å². The number of phosphoric acid groups is 2. The van der Waals surface area contributed by atoms with Crippen molar-refractivity contribution < 1.29 is 80.2 Å². The Hall–Kier alpha value is -1.94. The van der Waals surface area contributed by atoms with Crippen LogP contribution in [0.3, 0.4) is 0 Å². The Morgan fingerprint density at radius 2 is 0.537 bits per heavy atom. The number of unbranched alkanes of at least 4 members (excludes halogenated alkanes) is 44. The number of esters is 4. The van der Waals surface area contributed by atoms with Crippen LogP contribution < -0.4 is 0 Å². The lowest BCUT2D eigenvalue weighted by atomic mass is 9.99. The molecule has 3 unspecified atom stereocenters. The summed E-state index contributed by atoms with van der Waals surface area (Å²) in [5.41, 5.74) is 0. The number of aliphatic hydroxyl groups is 1. The summed E-state index contributed by atoms with van der Waals surface area (Å²) in [6, 6.07) is 0. The number of rotatable bonds is 75. The van der Waals surface area contributed by atoms with E-state index < -0.39 is 97.5 Å². The van der Waals surface area contributed by atoms with Crippen molar-refractivity contribution in [3.63, 3.8) is 0 Å². The van der Waals surface area contributed by atoms with E-state index in [9.17, 15) is 43.2 Å². The van der Waals surface area contributed by atoms with Crippen molar-refractivity contribution in [2.24, 2.45) is 11.8 Å². The lowest BCUT2D eigenvalue weighted by molar-refractivity contribution is -0.161. The number of ether oxygens (including phenoxy) is 4. The van der Waals surface area contributed by atoms with E-state index in [-0.39, 0.29) is 25.7 Å². The fourth-order valence-electron chi connectivity index (χ4n) is 11.6. The molecule has 0 aromatic rings. The molecule has 564 valence electrons. The molecule has 0 bridgehead atoms. The van der Waals surface area contributed by atoms with Crippen LogP contribution in [-0.2, 0) is 65.4 Å². The molecule has 0 spiro atoms. The molecule has 3 N–H and O–H groups in total. The maximum atomic E-state index is 13.1. The zero-order chi connectivity index (χ0) is 70.0. The highest BCUT2D eigenvalue weighted by Gasteiger charge is 2.30. The molecule has 0 saturated carbocycles. The second-order valence-corrected chi connectivity index (χ2v) is 31.0. The van der Waals surface area contributed by atoms with Gasteiger partial charge in [0.2, 0.25) is 0 Å². The summed E-state index contributed by atoms with van der Waals surface area (Å²) in [6.45, 7) is 9.59. The van der Waals surface area contributed by atoms with E-state index in [4.69, 9.17) is 37.0 Å². The van der Waals surface area contributed by atoms with Gasteiger partial charge in [-0.3, -0.25) is 37.3 Å². The Kier molecular flexibility index (Phi) is 66.5. The molecule has 0 amide bonds. The van der Waals surface area contributed by atoms with Gasteiger partial charge in [-0.1, -0.05) is 343 Å². The summed E-state index contributed by atoms with van der Waals surface area (Å²) in [5, 5.41) is 10.6. The Bertz CT molecular complexity index is 1840. The molecule has 0 aliphatic carbocycles. The van der Waals surface area contributed by atoms with Crippen molar-refractivity contribution in [2.75, 3.05) is 39.6 Å². The van der Waals surface area contributed by atoms with Crippen molar-refractivity contribution >= 4 is 39.5 Å². The average Bonchev–Trinajstić information content (AvgIpc) is 1.67. The summed E-state index contributed by atoms with van der Waals surface area (Å²) in [4.78, 5) is 72.5. The molecular formula is C76H148O17P2. The van der Waals surface area contributed by atoms with Crippen molar-refractivity contribution in [3.8, 4) is 0 Å². The zero-order valence-electron chi connectivity index (χ0n) is 62.0. The minimum atomic E-state index is -4.96. The van der Waals surface area contributed by atoms with Gasteiger partial charge in [-0.25, -0.2) is 9.13 Å². The normalized spacial score (nSPS) is 14.3. The highest BCUT2D eigenvalue weighted by Crippen LogP contribution is 2.45. The first kappa shape index (κ1) is 93.1. The molecule has 0 aliphatic rings. The second kappa shape index (κ2) is 67.9. The van der Waals surface area contributed by atoms with Crippen LogP contribution in [0, 0.1) is 11.8 Å². The summed E-state index contributed by atoms with van der Waals surface area (Å²) >= 11 is 0. The molecule has 17 nitrogen and oxygen atoms in total. The van der Waals surface area contributed by atoms with Crippen LogP contribution >= 0.6 is 15.6 Å². The number of hydrogen-bond acceptors (Lipinski definition) is 15. The monoisotopic (exact) mass is 1400 g/mol. The van der Waals surface area contributed by atoms with Crippen LogP contribution in [0.15, 0.2) is 0 Å². The minimum Gasteiger partial charge on any atom is -0.462 e. The molecule has 0 aromatic carbocycles. The Labute approximate surface area is 581 Å². The first-order valence-corrected chi connectivity index (χ1v) is 42.5. The maximum Gasteiger partial charge on any atom is 0.472 e. The molecule has 6 atom stereocenters. The molecule has 0 radical (unpaired) electrons. The third-order valence-corrected chi connectivity index (χ3v) is 20.0. The van der Waals surface area contributed by atoms with Gasteiger partial charge in [0.25, 0.3) is 0 Å². The molecular weight excluding hydrogens is 1250 g/mol. The van der Waals surface area contributed by atoms with Gasteiger partial charge in [-0.05, 0) is 37.5 Å². The van der Waals surface area contributed by atoms with Crippen molar-refractivity contribution in [2.45, 2.75) is 413 Å². The fraction of sp³-hybridized carbons (Fsp3) is 0.947. The predicted octanol–water partition coefficient (Wildman–Crippen LogP) is 22.3. The molecule has 0 rings (SSSR count). The number of phosphoric ester groups is 2. The third-order valence-electron chi connectivity index (χ3n) is 18.1. The smallest absolute Gasteiger partial charge is 0.462 e. The summed E-state index contributed by atoms with van der Waals surface area (Å²) in [6.07, 6.45) is 55.9. The van der Waals surface area contributed by atoms with Gasteiger partial charge in [0, 0.05) is 25.7 Å². The topological polar surface area (TPSA) is 237 Å². The Morgan fingerprint density at radius 3 is 0.800 bits per heavy atom. The highest BCUT2D eigenvalue weighted by atomic mass is 31.2. The SMILES string of the molecule is CCCCCCCCCCCCCC(=O)O[C@H](COC(=O)CCCCCCC)COP(=O)(O)OC[C@H](O)COP(=O)(O)OC[C@@H](COC(=O)CCCCCCCCCCCCCCCCC(C)CC)OC(=O)CCCCCCCCCCCCCCCCCCCCC(C)C. The van der Waals surface area contributed by atoms with Gasteiger partial charge >= 0.3 is 39.5 Å². The zero-order valence-corrected chi connectivity index (χ0v) is 63.8. The second-order valence-electron chi connectivity index (χ2n) is 28.1. The average molecular weight is 1400 g/mol. The maximum absolute atomic E-state index is 13.1. The standard InChI is InChI=1S/C76H148O17P2/c1-7-10-12-14-15-16-29-37-42-48-54-60-75(80)92-71(64-86-73(78)58-52-44-13-11-8-2)66-90-94(82,83)88-62-70(77)63-89-95(84,85)91-67-72(65-87-74(79)59-53-47-41-36-32-27-24-23-26-31-35-40-46-51-57-69(6)9-3)93-76(81)61-55-49-43-38-33-28-22-20-18-17-19-21-25-30-34-39-45-50-56-68(4)5/h68-72,77H,7-67H2,1-6H3,(H,82,83)(H,84,85)/t69?,70-,71+,72+/m0/s1. The number of aliphatic hydroxyl groups excluding tert-OH is 1. The lowest BCUT2D eigenvalue weighted by Gasteiger charge is -2.21. The number of carbonyl (C=O) groups is 4. The largest absolute Gasteiger partial charge is 0.472 e. The molecule has 19 heteroatoms. The minimum absolute atomic E-state index is 0.106. The van der Waals surface area contributed by atoms with Crippen LogP contribution in [0.5, 0.6) is 0 Å². The third kappa shape index (κ3) is 69.0.